The summed E-state index contributed by atoms with van der Waals surface area (Å²) in [5, 5.41) is 3.59. The fourth-order valence-electron chi connectivity index (χ4n) is 1.86. The van der Waals surface area contributed by atoms with E-state index >= 15 is 0 Å². The molecule has 0 aliphatic carbocycles. The maximum absolute atomic E-state index is 5.64. The van der Waals surface area contributed by atoms with Crippen molar-refractivity contribution in [3.8, 4) is 0 Å². The van der Waals surface area contributed by atoms with Crippen LogP contribution in [-0.4, -0.2) is 39.0 Å². The van der Waals surface area contributed by atoms with Crippen LogP contribution < -0.4 is 5.32 Å². The number of methoxy groups -OCH3 is 1. The van der Waals surface area contributed by atoms with Gasteiger partial charge in [-0.15, -0.1) is 0 Å². The highest BCUT2D eigenvalue weighted by molar-refractivity contribution is 4.73. The molecular formula is C15H33NO2. The average molecular weight is 259 g/mol. The molecular weight excluding hydrogens is 226 g/mol. The molecule has 3 nitrogen and oxygen atoms in total. The first-order valence-corrected chi connectivity index (χ1v) is 7.31. The zero-order chi connectivity index (χ0) is 13.9. The second-order valence-electron chi connectivity index (χ2n) is 6.03. The van der Waals surface area contributed by atoms with Crippen LogP contribution in [0.25, 0.3) is 0 Å². The molecule has 0 heterocycles. The lowest BCUT2D eigenvalue weighted by molar-refractivity contribution is 0.0921. The predicted octanol–water partition coefficient (Wildman–Crippen LogP) is 3.23. The Balaban J connectivity index is 3.63. The molecule has 0 aliphatic rings. The molecule has 0 saturated carbocycles. The van der Waals surface area contributed by atoms with Crippen molar-refractivity contribution in [3.63, 3.8) is 0 Å². The minimum atomic E-state index is 0.214. The smallest absolute Gasteiger partial charge is 0.0487 e. The molecule has 1 N–H and O–H groups in total. The van der Waals surface area contributed by atoms with Crippen LogP contribution in [0.4, 0.5) is 0 Å². The lowest BCUT2D eigenvalue weighted by atomic mass is 9.98. The summed E-state index contributed by atoms with van der Waals surface area (Å²) in [5.74, 6) is 0.733. The third-order valence-corrected chi connectivity index (χ3v) is 2.93. The largest absolute Gasteiger partial charge is 0.385 e. The Hall–Kier alpha value is -0.120. The van der Waals surface area contributed by atoms with Gasteiger partial charge in [0.2, 0.25) is 0 Å². The van der Waals surface area contributed by atoms with Gasteiger partial charge >= 0.3 is 0 Å². The molecule has 0 aromatic carbocycles. The molecule has 0 fully saturated rings. The van der Waals surface area contributed by atoms with Gasteiger partial charge in [-0.05, 0) is 52.5 Å². The van der Waals surface area contributed by atoms with Crippen LogP contribution in [0.5, 0.6) is 0 Å². The summed E-state index contributed by atoms with van der Waals surface area (Å²) in [7, 11) is 1.73. The zero-order valence-corrected chi connectivity index (χ0v) is 13.1. The molecule has 0 radical (unpaired) electrons. The minimum Gasteiger partial charge on any atom is -0.385 e. The molecule has 0 saturated heterocycles. The fraction of sp³-hybridized carbons (Fsp3) is 1.00. The van der Waals surface area contributed by atoms with Crippen LogP contribution in [0.1, 0.15) is 53.4 Å². The Kier molecular flexibility index (Phi) is 10.7. The number of ether oxygens (including phenoxy) is 2. The van der Waals surface area contributed by atoms with Crippen molar-refractivity contribution in [2.45, 2.75) is 58.9 Å². The Labute approximate surface area is 114 Å². The molecule has 3 heteroatoms. The van der Waals surface area contributed by atoms with E-state index in [2.05, 4.69) is 33.0 Å². The first-order chi connectivity index (χ1) is 8.49. The van der Waals surface area contributed by atoms with Crippen LogP contribution in [0.3, 0.4) is 0 Å². The van der Waals surface area contributed by atoms with E-state index in [0.717, 1.165) is 45.1 Å². The number of hydrogen-bond acceptors (Lipinski definition) is 3. The zero-order valence-electron chi connectivity index (χ0n) is 13.1. The van der Waals surface area contributed by atoms with Crippen molar-refractivity contribution in [1.82, 2.24) is 5.32 Å². The SMILES string of the molecule is CCCC(CCOCCCOC)CNC(C)(C)C. The summed E-state index contributed by atoms with van der Waals surface area (Å²) in [6.07, 6.45) is 4.68. The van der Waals surface area contributed by atoms with Crippen molar-refractivity contribution >= 4 is 0 Å². The molecule has 1 unspecified atom stereocenters. The van der Waals surface area contributed by atoms with Crippen molar-refractivity contribution in [2.75, 3.05) is 33.5 Å². The maximum atomic E-state index is 5.64. The molecule has 0 amide bonds. The van der Waals surface area contributed by atoms with Crippen LogP contribution in [-0.2, 0) is 9.47 Å². The van der Waals surface area contributed by atoms with Gasteiger partial charge in [-0.25, -0.2) is 0 Å². The first-order valence-electron chi connectivity index (χ1n) is 7.31. The van der Waals surface area contributed by atoms with Crippen LogP contribution in [0.2, 0.25) is 0 Å². The van der Waals surface area contributed by atoms with E-state index < -0.39 is 0 Å². The van der Waals surface area contributed by atoms with E-state index in [1.807, 2.05) is 0 Å². The third kappa shape index (κ3) is 12.3. The highest BCUT2D eigenvalue weighted by Gasteiger charge is 2.13. The Bertz CT molecular complexity index is 178. The lowest BCUT2D eigenvalue weighted by Gasteiger charge is -2.25. The summed E-state index contributed by atoms with van der Waals surface area (Å²) in [6, 6.07) is 0. The van der Waals surface area contributed by atoms with E-state index in [9.17, 15) is 0 Å². The highest BCUT2D eigenvalue weighted by atomic mass is 16.5. The molecule has 18 heavy (non-hydrogen) atoms. The summed E-state index contributed by atoms with van der Waals surface area (Å²) in [5.41, 5.74) is 0.214. The Morgan fingerprint density at radius 2 is 1.78 bits per heavy atom. The van der Waals surface area contributed by atoms with Crippen LogP contribution in [0, 0.1) is 5.92 Å². The number of rotatable bonds is 11. The summed E-state index contributed by atoms with van der Waals surface area (Å²) in [4.78, 5) is 0. The van der Waals surface area contributed by atoms with Crippen molar-refractivity contribution in [1.29, 1.82) is 0 Å². The van der Waals surface area contributed by atoms with Gasteiger partial charge in [0.25, 0.3) is 0 Å². The summed E-state index contributed by atoms with van der Waals surface area (Å²) < 4.78 is 10.6. The topological polar surface area (TPSA) is 30.5 Å². The van der Waals surface area contributed by atoms with Crippen LogP contribution >= 0.6 is 0 Å². The predicted molar refractivity (Wildman–Crippen MR) is 78.1 cm³/mol. The van der Waals surface area contributed by atoms with Crippen molar-refractivity contribution in [2.24, 2.45) is 5.92 Å². The molecule has 0 rings (SSSR count). The summed E-state index contributed by atoms with van der Waals surface area (Å²) in [6.45, 7) is 12.5. The average Bonchev–Trinajstić information content (AvgIpc) is 2.29. The Morgan fingerprint density at radius 3 is 2.33 bits per heavy atom. The fourth-order valence-corrected chi connectivity index (χ4v) is 1.86. The molecule has 110 valence electrons. The highest BCUT2D eigenvalue weighted by Crippen LogP contribution is 2.12. The minimum absolute atomic E-state index is 0.214. The molecule has 0 aromatic heterocycles. The first kappa shape index (κ1) is 17.9. The standard InChI is InChI=1S/C15H33NO2/c1-6-8-14(13-16-15(2,3)4)9-12-18-11-7-10-17-5/h14,16H,6-13H2,1-5H3. The van der Waals surface area contributed by atoms with E-state index in [0.29, 0.717) is 0 Å². The van der Waals surface area contributed by atoms with Gasteiger partial charge in [-0.2, -0.15) is 0 Å². The van der Waals surface area contributed by atoms with Gasteiger partial charge in [0, 0.05) is 32.5 Å². The van der Waals surface area contributed by atoms with Gasteiger partial charge in [-0.1, -0.05) is 13.3 Å². The third-order valence-electron chi connectivity index (χ3n) is 2.93. The molecule has 0 spiro atoms. The molecule has 0 aromatic rings. The van der Waals surface area contributed by atoms with E-state index in [1.54, 1.807) is 7.11 Å². The van der Waals surface area contributed by atoms with E-state index in [1.165, 1.54) is 12.8 Å². The monoisotopic (exact) mass is 259 g/mol. The van der Waals surface area contributed by atoms with Gasteiger partial charge in [-0.3, -0.25) is 0 Å². The second-order valence-corrected chi connectivity index (χ2v) is 6.03. The number of nitrogens with one attached hydrogen (secondary N) is 1. The van der Waals surface area contributed by atoms with Crippen molar-refractivity contribution < 1.29 is 9.47 Å². The van der Waals surface area contributed by atoms with Crippen LogP contribution in [0.15, 0.2) is 0 Å². The van der Waals surface area contributed by atoms with E-state index in [-0.39, 0.29) is 5.54 Å². The molecule has 0 bridgehead atoms. The quantitative estimate of drug-likeness (QED) is 0.578. The molecule has 1 atom stereocenters. The molecule has 0 aliphatic heterocycles. The van der Waals surface area contributed by atoms with Gasteiger partial charge < -0.3 is 14.8 Å². The van der Waals surface area contributed by atoms with Crippen molar-refractivity contribution in [3.05, 3.63) is 0 Å². The lowest BCUT2D eigenvalue weighted by Crippen LogP contribution is -2.39. The Morgan fingerprint density at radius 1 is 1.06 bits per heavy atom. The second kappa shape index (κ2) is 10.8. The van der Waals surface area contributed by atoms with Gasteiger partial charge in [0.15, 0.2) is 0 Å². The summed E-state index contributed by atoms with van der Waals surface area (Å²) >= 11 is 0. The van der Waals surface area contributed by atoms with E-state index in [4.69, 9.17) is 9.47 Å². The van der Waals surface area contributed by atoms with Gasteiger partial charge in [0.1, 0.15) is 0 Å². The van der Waals surface area contributed by atoms with Gasteiger partial charge in [0.05, 0.1) is 0 Å². The number of hydrogen-bond donors (Lipinski definition) is 1. The normalized spacial score (nSPS) is 13.8. The maximum Gasteiger partial charge on any atom is 0.0487 e.